The third-order valence-electron chi connectivity index (χ3n) is 5.10. The molecule has 0 spiro atoms. The van der Waals surface area contributed by atoms with Gasteiger partial charge in [0, 0.05) is 17.8 Å². The molecule has 3 aromatic rings. The van der Waals surface area contributed by atoms with Crippen molar-refractivity contribution in [3.05, 3.63) is 65.0 Å². The molecule has 9 heteroatoms. The number of nitrogens with zero attached hydrogens (tertiary/aromatic N) is 1. The van der Waals surface area contributed by atoms with Crippen LogP contribution in [0.5, 0.6) is 11.5 Å². The summed E-state index contributed by atoms with van der Waals surface area (Å²) in [7, 11) is -0.539. The van der Waals surface area contributed by atoms with Crippen LogP contribution in [0, 0.1) is 0 Å². The monoisotopic (exact) mass is 458 g/mol. The largest absolute Gasteiger partial charge is 0.493 e. The highest BCUT2D eigenvalue weighted by molar-refractivity contribution is 7.94. The number of rotatable bonds is 6. The molecule has 0 unspecified atom stereocenters. The van der Waals surface area contributed by atoms with Crippen molar-refractivity contribution in [2.24, 2.45) is 0 Å². The molecule has 1 amide bonds. The standard InChI is InChI=1S/C22H22N2O5S2/c1-28-19-10-7-16(14-20(19)29-2)22(25)23-17-8-9-18-15(13-17)5-3-11-24(18)31(26,27)21-6-4-12-30-21/h4,6-10,12-14H,3,5,11H2,1-2H3,(H,23,25). The first kappa shape index (κ1) is 21.2. The van der Waals surface area contributed by atoms with Crippen LogP contribution in [0.15, 0.2) is 58.1 Å². The summed E-state index contributed by atoms with van der Waals surface area (Å²) in [5, 5.41) is 4.63. The minimum atomic E-state index is -3.59. The molecule has 0 radical (unpaired) electrons. The van der Waals surface area contributed by atoms with Crippen molar-refractivity contribution >= 4 is 38.6 Å². The number of carbonyl (C=O) groups excluding carboxylic acids is 1. The Morgan fingerprint density at radius 1 is 1.06 bits per heavy atom. The molecule has 1 aliphatic heterocycles. The van der Waals surface area contributed by atoms with Crippen molar-refractivity contribution in [1.82, 2.24) is 0 Å². The zero-order valence-corrected chi connectivity index (χ0v) is 18.8. The lowest BCUT2D eigenvalue weighted by Gasteiger charge is -2.30. The van der Waals surface area contributed by atoms with Crippen molar-refractivity contribution < 1.29 is 22.7 Å². The van der Waals surface area contributed by atoms with E-state index in [2.05, 4.69) is 5.32 Å². The first-order chi connectivity index (χ1) is 14.9. The summed E-state index contributed by atoms with van der Waals surface area (Å²) in [6.45, 7) is 0.435. The predicted octanol–water partition coefficient (Wildman–Crippen LogP) is 4.16. The molecule has 0 bridgehead atoms. The van der Waals surface area contributed by atoms with Gasteiger partial charge in [0.05, 0.1) is 19.9 Å². The highest BCUT2D eigenvalue weighted by Crippen LogP contribution is 2.35. The van der Waals surface area contributed by atoms with E-state index in [4.69, 9.17) is 9.47 Å². The maximum absolute atomic E-state index is 13.0. The van der Waals surface area contributed by atoms with E-state index in [1.165, 1.54) is 29.9 Å². The molecule has 7 nitrogen and oxygen atoms in total. The van der Waals surface area contributed by atoms with Gasteiger partial charge in [-0.2, -0.15) is 0 Å². The summed E-state index contributed by atoms with van der Waals surface area (Å²) in [5.41, 5.74) is 2.58. The summed E-state index contributed by atoms with van der Waals surface area (Å²) < 4.78 is 38.3. The Bertz CT molecular complexity index is 1210. The second-order valence-electron chi connectivity index (χ2n) is 6.98. The fourth-order valence-corrected chi connectivity index (χ4v) is 6.24. The Hall–Kier alpha value is -3.04. The molecule has 1 aliphatic rings. The molecule has 2 aromatic carbocycles. The normalized spacial score (nSPS) is 13.4. The van der Waals surface area contributed by atoms with Gasteiger partial charge in [-0.05, 0) is 66.2 Å². The maximum Gasteiger partial charge on any atom is 0.273 e. The van der Waals surface area contributed by atoms with Crippen molar-refractivity contribution in [3.63, 3.8) is 0 Å². The van der Waals surface area contributed by atoms with Gasteiger partial charge >= 0.3 is 0 Å². The number of hydrogen-bond donors (Lipinski definition) is 1. The Morgan fingerprint density at radius 3 is 2.58 bits per heavy atom. The van der Waals surface area contributed by atoms with Crippen LogP contribution in [0.4, 0.5) is 11.4 Å². The number of fused-ring (bicyclic) bond motifs is 1. The summed E-state index contributed by atoms with van der Waals surface area (Å²) in [6, 6.07) is 13.6. The number of anilines is 2. The van der Waals surface area contributed by atoms with E-state index >= 15 is 0 Å². The Morgan fingerprint density at radius 2 is 1.87 bits per heavy atom. The lowest BCUT2D eigenvalue weighted by atomic mass is 10.0. The van der Waals surface area contributed by atoms with E-state index in [1.54, 1.807) is 47.8 Å². The third kappa shape index (κ3) is 4.11. The van der Waals surface area contributed by atoms with Gasteiger partial charge in [-0.15, -0.1) is 11.3 Å². The first-order valence-corrected chi connectivity index (χ1v) is 12.0. The fourth-order valence-electron chi connectivity index (χ4n) is 3.59. The fraction of sp³-hybridized carbons (Fsp3) is 0.227. The van der Waals surface area contributed by atoms with Crippen LogP contribution < -0.4 is 19.1 Å². The van der Waals surface area contributed by atoms with Crippen LogP contribution >= 0.6 is 11.3 Å². The summed E-state index contributed by atoms with van der Waals surface area (Å²) in [5.74, 6) is 0.717. The molecule has 0 fully saturated rings. The Labute approximate surface area is 185 Å². The van der Waals surface area contributed by atoms with Gasteiger partial charge in [0.1, 0.15) is 4.21 Å². The summed E-state index contributed by atoms with van der Waals surface area (Å²) in [4.78, 5) is 12.7. The van der Waals surface area contributed by atoms with Gasteiger partial charge in [-0.25, -0.2) is 8.42 Å². The Balaban J connectivity index is 1.58. The van der Waals surface area contributed by atoms with Gasteiger partial charge in [-0.1, -0.05) is 6.07 Å². The molecule has 1 aromatic heterocycles. The second kappa shape index (κ2) is 8.60. The van der Waals surface area contributed by atoms with Crippen LogP contribution in [0.2, 0.25) is 0 Å². The topological polar surface area (TPSA) is 84.9 Å². The number of aryl methyl sites for hydroxylation is 1. The van der Waals surface area contributed by atoms with Crippen LogP contribution in [0.3, 0.4) is 0 Å². The number of ether oxygens (including phenoxy) is 2. The number of methoxy groups -OCH3 is 2. The molecule has 1 N–H and O–H groups in total. The summed E-state index contributed by atoms with van der Waals surface area (Å²) >= 11 is 1.21. The minimum Gasteiger partial charge on any atom is -0.493 e. The van der Waals surface area contributed by atoms with Crippen molar-refractivity contribution in [2.45, 2.75) is 17.1 Å². The highest BCUT2D eigenvalue weighted by atomic mass is 32.2. The number of carbonyl (C=O) groups is 1. The number of benzene rings is 2. The Kier molecular flexibility index (Phi) is 5.88. The highest BCUT2D eigenvalue weighted by Gasteiger charge is 2.30. The second-order valence-corrected chi connectivity index (χ2v) is 10.0. The van der Waals surface area contributed by atoms with Crippen LogP contribution in [0.25, 0.3) is 0 Å². The van der Waals surface area contributed by atoms with Crippen LogP contribution in [-0.2, 0) is 16.4 Å². The van der Waals surface area contributed by atoms with Crippen molar-refractivity contribution in [3.8, 4) is 11.5 Å². The lowest BCUT2D eigenvalue weighted by molar-refractivity contribution is 0.102. The quantitative estimate of drug-likeness (QED) is 0.600. The third-order valence-corrected chi connectivity index (χ3v) is 8.28. The van der Waals surface area contributed by atoms with E-state index in [-0.39, 0.29) is 5.91 Å². The molecule has 0 saturated carbocycles. The number of nitrogens with one attached hydrogen (secondary N) is 1. The number of thiophene rings is 1. The van der Waals surface area contributed by atoms with Crippen LogP contribution in [0.1, 0.15) is 22.3 Å². The molecule has 2 heterocycles. The number of amides is 1. The van der Waals surface area contributed by atoms with Gasteiger partial charge < -0.3 is 14.8 Å². The van der Waals surface area contributed by atoms with E-state index in [0.717, 1.165) is 12.0 Å². The summed E-state index contributed by atoms with van der Waals surface area (Å²) in [6.07, 6.45) is 1.45. The SMILES string of the molecule is COc1ccc(C(=O)Nc2ccc3c(c2)CCCN3S(=O)(=O)c2cccs2)cc1OC. The molecule has 31 heavy (non-hydrogen) atoms. The lowest BCUT2D eigenvalue weighted by Crippen LogP contribution is -2.35. The molecular weight excluding hydrogens is 436 g/mol. The first-order valence-electron chi connectivity index (χ1n) is 9.66. The molecule has 4 rings (SSSR count). The van der Waals surface area contributed by atoms with E-state index in [9.17, 15) is 13.2 Å². The van der Waals surface area contributed by atoms with Crippen LogP contribution in [-0.4, -0.2) is 35.1 Å². The minimum absolute atomic E-state index is 0.292. The molecule has 0 aliphatic carbocycles. The molecule has 0 atom stereocenters. The van der Waals surface area contributed by atoms with E-state index in [0.29, 0.717) is 45.6 Å². The number of sulfonamides is 1. The van der Waals surface area contributed by atoms with Gasteiger partial charge in [0.15, 0.2) is 11.5 Å². The average Bonchev–Trinajstić information content (AvgIpc) is 3.34. The molecule has 162 valence electrons. The van der Waals surface area contributed by atoms with E-state index < -0.39 is 10.0 Å². The molecule has 0 saturated heterocycles. The zero-order valence-electron chi connectivity index (χ0n) is 17.1. The van der Waals surface area contributed by atoms with E-state index in [1.807, 2.05) is 6.07 Å². The number of hydrogen-bond acceptors (Lipinski definition) is 6. The van der Waals surface area contributed by atoms with Gasteiger partial charge in [0.2, 0.25) is 0 Å². The zero-order chi connectivity index (χ0) is 22.0. The smallest absolute Gasteiger partial charge is 0.273 e. The predicted molar refractivity (Wildman–Crippen MR) is 121 cm³/mol. The van der Waals surface area contributed by atoms with Crippen molar-refractivity contribution in [2.75, 3.05) is 30.4 Å². The van der Waals surface area contributed by atoms with Gasteiger partial charge in [0.25, 0.3) is 15.9 Å². The maximum atomic E-state index is 13.0. The van der Waals surface area contributed by atoms with Gasteiger partial charge in [-0.3, -0.25) is 9.10 Å². The average molecular weight is 459 g/mol. The molecular formula is C22H22N2O5S2. The van der Waals surface area contributed by atoms with Crippen molar-refractivity contribution in [1.29, 1.82) is 0 Å².